The molecule has 1 aromatic heterocycles. The summed E-state index contributed by atoms with van der Waals surface area (Å²) in [5.41, 5.74) is 2.48. The van der Waals surface area contributed by atoms with Crippen molar-refractivity contribution in [1.82, 2.24) is 20.4 Å². The smallest absolute Gasteiger partial charge is 0.408 e. The molecule has 0 aliphatic heterocycles. The van der Waals surface area contributed by atoms with E-state index in [2.05, 4.69) is 29.6 Å². The zero-order valence-electron chi connectivity index (χ0n) is 16.0. The Bertz CT molecular complexity index is 556. The summed E-state index contributed by atoms with van der Waals surface area (Å²) in [6.45, 7) is 16.3. The molecule has 1 unspecified atom stereocenters. The molecule has 1 heterocycles. The number of nitrogens with zero attached hydrogens (tertiary/aromatic N) is 2. The third-order valence-corrected chi connectivity index (χ3v) is 3.69. The quantitative estimate of drug-likeness (QED) is 0.874. The molecule has 2 N–H and O–H groups in total. The van der Waals surface area contributed by atoms with Crippen molar-refractivity contribution in [1.29, 1.82) is 0 Å². The van der Waals surface area contributed by atoms with Gasteiger partial charge in [0.25, 0.3) is 0 Å². The second-order valence-electron chi connectivity index (χ2n) is 7.82. The van der Waals surface area contributed by atoms with Crippen LogP contribution in [0.5, 0.6) is 0 Å². The highest BCUT2D eigenvalue weighted by molar-refractivity contribution is 5.68. The number of carbonyl (C=O) groups excluding carboxylic acids is 1. The van der Waals surface area contributed by atoms with Gasteiger partial charge in [0.1, 0.15) is 5.60 Å². The van der Waals surface area contributed by atoms with E-state index in [1.54, 1.807) is 0 Å². The largest absolute Gasteiger partial charge is 0.444 e. The minimum absolute atomic E-state index is 0.156. The van der Waals surface area contributed by atoms with E-state index in [-0.39, 0.29) is 6.04 Å². The SMILES string of the molecule is Cc1nn(C)c(C)c1C(C)NCC(C)(C)NC(=O)OC(C)(C)C. The second-order valence-corrected chi connectivity index (χ2v) is 7.82. The summed E-state index contributed by atoms with van der Waals surface area (Å²) in [6.07, 6.45) is -0.398. The van der Waals surface area contributed by atoms with Crippen molar-refractivity contribution in [2.24, 2.45) is 7.05 Å². The van der Waals surface area contributed by atoms with Crippen molar-refractivity contribution in [2.45, 2.75) is 72.6 Å². The van der Waals surface area contributed by atoms with E-state index in [1.165, 1.54) is 5.56 Å². The monoisotopic (exact) mass is 324 g/mol. The van der Waals surface area contributed by atoms with Gasteiger partial charge in [-0.05, 0) is 55.4 Å². The van der Waals surface area contributed by atoms with Gasteiger partial charge in [0.15, 0.2) is 0 Å². The van der Waals surface area contributed by atoms with Gasteiger partial charge >= 0.3 is 6.09 Å². The zero-order chi connectivity index (χ0) is 18.0. The predicted octanol–water partition coefficient (Wildman–Crippen LogP) is 2.99. The third-order valence-electron chi connectivity index (χ3n) is 3.69. The van der Waals surface area contributed by atoms with Gasteiger partial charge in [0.2, 0.25) is 0 Å². The van der Waals surface area contributed by atoms with Crippen LogP contribution in [0.3, 0.4) is 0 Å². The number of alkyl carbamates (subject to hydrolysis) is 1. The molecule has 0 saturated heterocycles. The van der Waals surface area contributed by atoms with Crippen LogP contribution in [0.25, 0.3) is 0 Å². The van der Waals surface area contributed by atoms with Gasteiger partial charge in [-0.1, -0.05) is 0 Å². The van der Waals surface area contributed by atoms with Gasteiger partial charge in [-0.2, -0.15) is 5.10 Å². The fraction of sp³-hybridized carbons (Fsp3) is 0.765. The number of carbonyl (C=O) groups is 1. The first kappa shape index (κ1) is 19.5. The average molecular weight is 324 g/mol. The Morgan fingerprint density at radius 3 is 2.26 bits per heavy atom. The minimum atomic E-state index is -0.495. The summed E-state index contributed by atoms with van der Waals surface area (Å²) in [4.78, 5) is 11.9. The Balaban J connectivity index is 2.63. The second kappa shape index (κ2) is 6.91. The van der Waals surface area contributed by atoms with Gasteiger partial charge in [0.05, 0.1) is 11.2 Å². The molecule has 1 atom stereocenters. The van der Waals surface area contributed by atoms with Crippen LogP contribution in [-0.2, 0) is 11.8 Å². The number of aryl methyl sites for hydroxylation is 2. The lowest BCUT2D eigenvalue weighted by Gasteiger charge is -2.30. The average Bonchev–Trinajstić information content (AvgIpc) is 2.57. The highest BCUT2D eigenvalue weighted by Gasteiger charge is 2.26. The summed E-state index contributed by atoms with van der Waals surface area (Å²) in [5, 5.41) is 10.8. The molecule has 0 aliphatic rings. The number of hydrogen-bond acceptors (Lipinski definition) is 4. The normalized spacial score (nSPS) is 13.8. The van der Waals surface area contributed by atoms with Crippen molar-refractivity contribution >= 4 is 6.09 Å². The van der Waals surface area contributed by atoms with Crippen molar-refractivity contribution in [2.75, 3.05) is 6.54 Å². The number of rotatable bonds is 5. The number of nitrogens with one attached hydrogen (secondary N) is 2. The standard InChI is InChI=1S/C17H32N4O2/c1-11(14-12(2)20-21(9)13(14)3)18-10-17(7,8)19-15(22)23-16(4,5)6/h11,18H,10H2,1-9H3,(H,19,22). The van der Waals surface area contributed by atoms with E-state index < -0.39 is 17.2 Å². The van der Waals surface area contributed by atoms with Crippen LogP contribution in [0.15, 0.2) is 0 Å². The van der Waals surface area contributed by atoms with Crippen LogP contribution in [0, 0.1) is 13.8 Å². The van der Waals surface area contributed by atoms with Crippen LogP contribution in [-0.4, -0.2) is 33.6 Å². The fourth-order valence-corrected chi connectivity index (χ4v) is 2.55. The van der Waals surface area contributed by atoms with E-state index in [1.807, 2.05) is 53.3 Å². The van der Waals surface area contributed by atoms with E-state index >= 15 is 0 Å². The molecular weight excluding hydrogens is 292 g/mol. The summed E-state index contributed by atoms with van der Waals surface area (Å²) < 4.78 is 7.21. The highest BCUT2D eigenvalue weighted by atomic mass is 16.6. The lowest BCUT2D eigenvalue weighted by Crippen LogP contribution is -2.52. The van der Waals surface area contributed by atoms with Gasteiger partial charge in [-0.25, -0.2) is 4.79 Å². The molecule has 6 heteroatoms. The van der Waals surface area contributed by atoms with E-state index in [0.717, 1.165) is 11.4 Å². The van der Waals surface area contributed by atoms with Crippen molar-refractivity contribution in [3.05, 3.63) is 17.0 Å². The highest BCUT2D eigenvalue weighted by Crippen LogP contribution is 2.21. The van der Waals surface area contributed by atoms with Crippen molar-refractivity contribution in [3.63, 3.8) is 0 Å². The predicted molar refractivity (Wildman–Crippen MR) is 92.5 cm³/mol. The van der Waals surface area contributed by atoms with E-state index in [9.17, 15) is 4.79 Å². The maximum atomic E-state index is 11.9. The lowest BCUT2D eigenvalue weighted by atomic mass is 10.0. The molecule has 0 saturated carbocycles. The van der Waals surface area contributed by atoms with Gasteiger partial charge in [-0.3, -0.25) is 4.68 Å². The Hall–Kier alpha value is -1.56. The minimum Gasteiger partial charge on any atom is -0.444 e. The maximum Gasteiger partial charge on any atom is 0.408 e. The van der Waals surface area contributed by atoms with Crippen LogP contribution in [0.4, 0.5) is 4.79 Å². The molecular formula is C17H32N4O2. The molecule has 1 aromatic rings. The Morgan fingerprint density at radius 1 is 1.26 bits per heavy atom. The molecule has 0 aromatic carbocycles. The summed E-state index contributed by atoms with van der Waals surface area (Å²) in [5.74, 6) is 0. The van der Waals surface area contributed by atoms with Crippen molar-refractivity contribution in [3.8, 4) is 0 Å². The molecule has 0 fully saturated rings. The van der Waals surface area contributed by atoms with Crippen LogP contribution in [0.1, 0.15) is 64.5 Å². The summed E-state index contributed by atoms with van der Waals surface area (Å²) in [7, 11) is 1.95. The molecule has 1 amide bonds. The molecule has 132 valence electrons. The maximum absolute atomic E-state index is 11.9. The van der Waals surface area contributed by atoms with E-state index in [4.69, 9.17) is 4.74 Å². The van der Waals surface area contributed by atoms with Crippen LogP contribution >= 0.6 is 0 Å². The number of ether oxygens (including phenoxy) is 1. The molecule has 1 rings (SSSR count). The summed E-state index contributed by atoms with van der Waals surface area (Å²) >= 11 is 0. The van der Waals surface area contributed by atoms with Crippen LogP contribution < -0.4 is 10.6 Å². The summed E-state index contributed by atoms with van der Waals surface area (Å²) in [6, 6.07) is 0.156. The van der Waals surface area contributed by atoms with Crippen LogP contribution in [0.2, 0.25) is 0 Å². The van der Waals surface area contributed by atoms with Gasteiger partial charge in [-0.15, -0.1) is 0 Å². The first-order valence-corrected chi connectivity index (χ1v) is 8.07. The van der Waals surface area contributed by atoms with Crippen molar-refractivity contribution < 1.29 is 9.53 Å². The first-order valence-electron chi connectivity index (χ1n) is 8.07. The molecule has 0 aliphatic carbocycles. The third kappa shape index (κ3) is 5.86. The number of hydrogen-bond donors (Lipinski definition) is 2. The Kier molecular flexibility index (Phi) is 5.85. The molecule has 23 heavy (non-hydrogen) atoms. The number of aromatic nitrogens is 2. The topological polar surface area (TPSA) is 68.2 Å². The molecule has 0 spiro atoms. The van der Waals surface area contributed by atoms with E-state index in [0.29, 0.717) is 6.54 Å². The lowest BCUT2D eigenvalue weighted by molar-refractivity contribution is 0.0471. The molecule has 6 nitrogen and oxygen atoms in total. The van der Waals surface area contributed by atoms with Gasteiger partial charge < -0.3 is 15.4 Å². The Morgan fingerprint density at radius 2 is 1.83 bits per heavy atom. The van der Waals surface area contributed by atoms with Gasteiger partial charge in [0, 0.05) is 30.9 Å². The molecule has 0 bridgehead atoms. The first-order chi connectivity index (χ1) is 10.3. The zero-order valence-corrected chi connectivity index (χ0v) is 16.0. The Labute approximate surface area is 140 Å². The fourth-order valence-electron chi connectivity index (χ4n) is 2.55. The molecule has 0 radical (unpaired) electrons. The number of amides is 1.